The van der Waals surface area contributed by atoms with Crippen molar-refractivity contribution in [3.05, 3.63) is 120 Å². The number of carboxylic acids is 2. The van der Waals surface area contributed by atoms with Gasteiger partial charge in [0.05, 0.1) is 0 Å². The quantitative estimate of drug-likeness (QED) is 0.114. The molecule has 2 amide bonds. The van der Waals surface area contributed by atoms with Crippen molar-refractivity contribution in [1.82, 2.24) is 10.6 Å². The van der Waals surface area contributed by atoms with Gasteiger partial charge >= 0.3 is 18.0 Å². The zero-order chi connectivity index (χ0) is 33.5. The van der Waals surface area contributed by atoms with Gasteiger partial charge in [0, 0.05) is 6.42 Å². The summed E-state index contributed by atoms with van der Waals surface area (Å²) in [6, 6.07) is 29.0. The molecule has 4 aromatic carbocycles. The Morgan fingerprint density at radius 2 is 1.30 bits per heavy atom. The highest BCUT2D eigenvalue weighted by atomic mass is 16.5. The van der Waals surface area contributed by atoms with Crippen molar-refractivity contribution in [3.8, 4) is 0 Å². The van der Waals surface area contributed by atoms with E-state index >= 15 is 0 Å². The van der Waals surface area contributed by atoms with Gasteiger partial charge in [0.25, 0.3) is 0 Å². The van der Waals surface area contributed by atoms with Crippen molar-refractivity contribution in [2.24, 2.45) is 5.92 Å². The molecule has 0 aromatic heterocycles. The number of hydrogen-bond donors (Lipinski definition) is 4. The summed E-state index contributed by atoms with van der Waals surface area (Å²) >= 11 is 0. The number of carboxylic acid groups (broad SMARTS) is 2. The normalized spacial score (nSPS) is 12.5. The number of ether oxygens (including phenoxy) is 1. The van der Waals surface area contributed by atoms with Gasteiger partial charge in [-0.05, 0) is 39.8 Å². The van der Waals surface area contributed by atoms with Crippen LogP contribution in [0.15, 0.2) is 103 Å². The molecule has 0 aliphatic rings. The predicted molar refractivity (Wildman–Crippen MR) is 173 cm³/mol. The monoisotopic (exact) mass is 626 g/mol. The van der Waals surface area contributed by atoms with Crippen molar-refractivity contribution >= 4 is 41.0 Å². The zero-order valence-electron chi connectivity index (χ0n) is 25.7. The Hall–Kier alpha value is -5.51. The number of benzene rings is 4. The van der Waals surface area contributed by atoms with E-state index in [2.05, 4.69) is 10.6 Å². The zero-order valence-corrected chi connectivity index (χ0v) is 25.7. The van der Waals surface area contributed by atoms with Crippen molar-refractivity contribution < 1.29 is 38.9 Å². The van der Waals surface area contributed by atoms with Gasteiger partial charge in [0.15, 0.2) is 0 Å². The van der Waals surface area contributed by atoms with Crippen LogP contribution in [0.3, 0.4) is 0 Å². The topological polar surface area (TPSA) is 159 Å². The molecule has 0 radical (unpaired) electrons. The van der Waals surface area contributed by atoms with E-state index < -0.39 is 41.9 Å². The van der Waals surface area contributed by atoms with Crippen LogP contribution in [0.5, 0.6) is 0 Å². The van der Waals surface area contributed by atoms with Crippen LogP contribution < -0.4 is 10.6 Å². The lowest BCUT2D eigenvalue weighted by Gasteiger charge is -2.22. The molecule has 10 heteroatoms. The van der Waals surface area contributed by atoms with Crippen LogP contribution in [-0.2, 0) is 36.9 Å². The lowest BCUT2D eigenvalue weighted by molar-refractivity contribution is -0.142. The number of nitrogens with one attached hydrogen (secondary N) is 2. The molecule has 240 valence electrons. The van der Waals surface area contributed by atoms with Crippen LogP contribution in [0.2, 0.25) is 0 Å². The molecule has 0 spiro atoms. The van der Waals surface area contributed by atoms with Gasteiger partial charge in [0.1, 0.15) is 30.9 Å². The second kappa shape index (κ2) is 17.7. The average molecular weight is 627 g/mol. The largest absolute Gasteiger partial charge is 0.480 e. The summed E-state index contributed by atoms with van der Waals surface area (Å²) < 4.78 is 5.19. The fraction of sp³-hybridized carbons (Fsp3) is 0.250. The lowest BCUT2D eigenvalue weighted by atomic mass is 9.94. The van der Waals surface area contributed by atoms with Gasteiger partial charge in [-0.15, -0.1) is 0 Å². The van der Waals surface area contributed by atoms with E-state index in [4.69, 9.17) is 9.84 Å². The van der Waals surface area contributed by atoms with Crippen LogP contribution in [0.4, 0.5) is 4.79 Å². The highest BCUT2D eigenvalue weighted by molar-refractivity contribution is 5.99. The minimum atomic E-state index is -1.14. The van der Waals surface area contributed by atoms with E-state index in [0.29, 0.717) is 18.3 Å². The fourth-order valence-corrected chi connectivity index (χ4v) is 4.72. The summed E-state index contributed by atoms with van der Waals surface area (Å²) in [6.07, 6.45) is 0.234. The fourth-order valence-electron chi connectivity index (χ4n) is 4.72. The van der Waals surface area contributed by atoms with Gasteiger partial charge in [-0.3, -0.25) is 9.59 Å². The molecule has 0 saturated heterocycles. The number of aliphatic carboxylic acids is 2. The molecular formula is C36H38N2O8. The first-order chi connectivity index (χ1) is 22.1. The number of fused-ring (bicyclic) bond motifs is 1. The van der Waals surface area contributed by atoms with Gasteiger partial charge < -0.3 is 30.4 Å². The van der Waals surface area contributed by atoms with Crippen LogP contribution in [0, 0.1) is 5.92 Å². The molecule has 0 aliphatic heterocycles. The second-order valence-corrected chi connectivity index (χ2v) is 11.0. The van der Waals surface area contributed by atoms with Crippen LogP contribution in [-0.4, -0.2) is 52.5 Å². The number of amides is 2. The molecule has 0 bridgehead atoms. The smallest absolute Gasteiger partial charge is 0.408 e. The Morgan fingerprint density at radius 1 is 0.717 bits per heavy atom. The maximum absolute atomic E-state index is 12.7. The van der Waals surface area contributed by atoms with E-state index in [1.807, 2.05) is 92.7 Å². The van der Waals surface area contributed by atoms with E-state index in [1.165, 1.54) is 0 Å². The summed E-state index contributed by atoms with van der Waals surface area (Å²) in [5.74, 6) is -3.80. The molecule has 0 saturated carbocycles. The molecule has 3 atom stereocenters. The third kappa shape index (κ3) is 10.9. The Kier molecular flexibility index (Phi) is 13.5. The van der Waals surface area contributed by atoms with Gasteiger partial charge in [0.2, 0.25) is 5.91 Å². The molecule has 0 aliphatic carbocycles. The van der Waals surface area contributed by atoms with Gasteiger partial charge in [-0.25, -0.2) is 9.59 Å². The highest BCUT2D eigenvalue weighted by Crippen LogP contribution is 2.24. The standard InChI is InChI=1S/C23H28N2O5.C13H10O3/c1-16(2)13-19(25-23(29)30-15-18-11-7-4-8-12-18)21(26)24-20(22(27)28)14-17-9-5-3-6-10-17;14-8-12(13(15)16)11-7-3-5-9-4-1-2-6-10(9)11/h3-12,16,19-20H,13-15H2,1-2H3,(H,24,26)(H,25,29)(H,27,28);1-8,12H,(H,15,16)/t19-,20-;/m0./s1. The number of rotatable bonds is 13. The third-order valence-corrected chi connectivity index (χ3v) is 6.99. The van der Waals surface area contributed by atoms with E-state index in [0.717, 1.165) is 21.9 Å². The van der Waals surface area contributed by atoms with Crippen LogP contribution in [0.1, 0.15) is 42.9 Å². The lowest BCUT2D eigenvalue weighted by Crippen LogP contribution is -2.52. The Bertz CT molecular complexity index is 1600. The molecule has 10 nitrogen and oxygen atoms in total. The minimum Gasteiger partial charge on any atom is -0.480 e. The Labute approximate surface area is 267 Å². The molecule has 4 aromatic rings. The first-order valence-electron chi connectivity index (χ1n) is 14.8. The molecule has 46 heavy (non-hydrogen) atoms. The van der Waals surface area contributed by atoms with Crippen LogP contribution >= 0.6 is 0 Å². The summed E-state index contributed by atoms with van der Waals surface area (Å²) in [7, 11) is 0. The number of hydrogen-bond acceptors (Lipinski definition) is 6. The number of aldehydes is 1. The van der Waals surface area contributed by atoms with Crippen molar-refractivity contribution in [2.75, 3.05) is 0 Å². The van der Waals surface area contributed by atoms with Crippen molar-refractivity contribution in [3.63, 3.8) is 0 Å². The molecule has 4 rings (SSSR count). The molecule has 1 unspecified atom stereocenters. The summed E-state index contributed by atoms with van der Waals surface area (Å²) in [4.78, 5) is 58.3. The van der Waals surface area contributed by atoms with E-state index in [-0.39, 0.29) is 18.9 Å². The number of carbonyl (C=O) groups is 5. The number of alkyl carbamates (subject to hydrolysis) is 1. The summed E-state index contributed by atoms with van der Waals surface area (Å²) in [5.41, 5.74) is 2.16. The van der Waals surface area contributed by atoms with Gasteiger partial charge in [-0.2, -0.15) is 0 Å². The number of carbonyl (C=O) groups excluding carboxylic acids is 3. The van der Waals surface area contributed by atoms with Crippen molar-refractivity contribution in [1.29, 1.82) is 0 Å². The SMILES string of the molecule is CC(C)C[C@H](NC(=O)OCc1ccccc1)C(=O)N[C@@H](Cc1ccccc1)C(=O)O.O=CC(C(=O)O)c1cccc2ccccc12. The highest BCUT2D eigenvalue weighted by Gasteiger charge is 2.28. The van der Waals surface area contributed by atoms with Crippen LogP contribution in [0.25, 0.3) is 10.8 Å². The molecule has 0 fully saturated rings. The molecule has 4 N–H and O–H groups in total. The first-order valence-corrected chi connectivity index (χ1v) is 14.8. The van der Waals surface area contributed by atoms with E-state index in [1.54, 1.807) is 24.3 Å². The summed E-state index contributed by atoms with van der Waals surface area (Å²) in [6.45, 7) is 3.90. The van der Waals surface area contributed by atoms with E-state index in [9.17, 15) is 29.1 Å². The van der Waals surface area contributed by atoms with Crippen molar-refractivity contribution in [2.45, 2.75) is 51.3 Å². The second-order valence-electron chi connectivity index (χ2n) is 11.0. The maximum Gasteiger partial charge on any atom is 0.408 e. The maximum atomic E-state index is 12.7. The molecule has 0 heterocycles. The third-order valence-electron chi connectivity index (χ3n) is 6.99. The average Bonchev–Trinajstić information content (AvgIpc) is 3.04. The predicted octanol–water partition coefficient (Wildman–Crippen LogP) is 5.35. The molecular weight excluding hydrogens is 588 g/mol. The summed E-state index contributed by atoms with van der Waals surface area (Å²) in [5, 5.41) is 25.3. The first kappa shape index (κ1) is 35.0. The minimum absolute atomic E-state index is 0.0778. The van der Waals surface area contributed by atoms with Gasteiger partial charge in [-0.1, -0.05) is 117 Å². The Balaban J connectivity index is 0.000000300. The Morgan fingerprint density at radius 3 is 1.89 bits per heavy atom.